The maximum Gasteiger partial charge on any atom is 1.00 e. The Hall–Kier alpha value is -1.36. The summed E-state index contributed by atoms with van der Waals surface area (Å²) in [6, 6.07) is 12.8. The SMILES string of the molecule is CSCC[C@H](NC(=O)c1ccc(COC(CSC)CC2CCCCC2)cc1-c1ccccc1C)C(=O)O.[H-].[Li+]. The van der Waals surface area contributed by atoms with Crippen LogP contribution in [0.3, 0.4) is 0 Å². The number of aliphatic carboxylic acids is 1. The van der Waals surface area contributed by atoms with Crippen LogP contribution in [0.5, 0.6) is 0 Å². The van der Waals surface area contributed by atoms with Gasteiger partial charge in [-0.05, 0) is 78.3 Å². The second-order valence-electron chi connectivity index (χ2n) is 9.97. The number of hydrogen-bond acceptors (Lipinski definition) is 5. The molecule has 0 aliphatic heterocycles. The largest absolute Gasteiger partial charge is 1.00 e. The van der Waals surface area contributed by atoms with Crippen LogP contribution in [-0.2, 0) is 16.1 Å². The average molecular weight is 552 g/mol. The Bertz CT molecular complexity index is 1040. The molecule has 1 fully saturated rings. The Labute approximate surface area is 250 Å². The van der Waals surface area contributed by atoms with Gasteiger partial charge in [0.15, 0.2) is 0 Å². The van der Waals surface area contributed by atoms with Gasteiger partial charge in [0.25, 0.3) is 5.91 Å². The van der Waals surface area contributed by atoms with E-state index in [1.165, 1.54) is 32.1 Å². The van der Waals surface area contributed by atoms with Crippen LogP contribution in [-0.4, -0.2) is 53.1 Å². The predicted molar refractivity (Wildman–Crippen MR) is 158 cm³/mol. The molecule has 0 aromatic heterocycles. The van der Waals surface area contributed by atoms with E-state index >= 15 is 0 Å². The number of amides is 1. The first-order valence-electron chi connectivity index (χ1n) is 13.2. The van der Waals surface area contributed by atoms with Crippen LogP contribution >= 0.6 is 23.5 Å². The molecule has 0 saturated heterocycles. The van der Waals surface area contributed by atoms with Crippen molar-refractivity contribution in [2.75, 3.05) is 24.0 Å². The van der Waals surface area contributed by atoms with Crippen LogP contribution in [0, 0.1) is 12.8 Å². The molecule has 5 nitrogen and oxygen atoms in total. The fourth-order valence-electron chi connectivity index (χ4n) is 5.08. The van der Waals surface area contributed by atoms with E-state index in [0.29, 0.717) is 24.3 Å². The Balaban J connectivity index is 0.00000380. The maximum absolute atomic E-state index is 13.3. The summed E-state index contributed by atoms with van der Waals surface area (Å²) in [7, 11) is 0. The Morgan fingerprint density at radius 3 is 2.47 bits per heavy atom. The van der Waals surface area contributed by atoms with Gasteiger partial charge in [0.2, 0.25) is 0 Å². The molecule has 1 aliphatic rings. The number of carboxylic acid groups (broad SMARTS) is 1. The summed E-state index contributed by atoms with van der Waals surface area (Å²) in [5.74, 6) is 1.03. The smallest absolute Gasteiger partial charge is 1.00 e. The zero-order valence-electron chi connectivity index (χ0n) is 24.3. The monoisotopic (exact) mass is 551 g/mol. The van der Waals surface area contributed by atoms with E-state index in [0.717, 1.165) is 40.3 Å². The molecule has 38 heavy (non-hydrogen) atoms. The number of aryl methyl sites for hydroxylation is 1. The number of rotatable bonds is 14. The van der Waals surface area contributed by atoms with Crippen LogP contribution in [0.2, 0.25) is 0 Å². The van der Waals surface area contributed by atoms with Gasteiger partial charge in [-0.3, -0.25) is 4.79 Å². The topological polar surface area (TPSA) is 75.6 Å². The second-order valence-corrected chi connectivity index (χ2v) is 11.9. The van der Waals surface area contributed by atoms with Gasteiger partial charge >= 0.3 is 24.8 Å². The van der Waals surface area contributed by atoms with Crippen LogP contribution < -0.4 is 24.2 Å². The minimum atomic E-state index is -1.01. The number of hydrogen-bond donors (Lipinski definition) is 2. The van der Waals surface area contributed by atoms with Gasteiger partial charge in [-0.1, -0.05) is 62.4 Å². The molecule has 0 heterocycles. The standard InChI is InChI=1S/C30H41NO4S2.Li.H/c1-21-9-7-8-12-25(21)27-18-23(19-35-24(20-37-3)17-22-10-5-4-6-11-22)13-14-26(27)29(32)31-28(30(33)34)15-16-36-2;;/h7-9,12-14,18,22,24,28H,4-6,10-11,15-17,19-20H2,1-3H3,(H,31,32)(H,33,34);;/q;+1;-1/t24?,28-;;/m0../s1. The maximum atomic E-state index is 13.3. The van der Waals surface area contributed by atoms with E-state index in [1.54, 1.807) is 11.8 Å². The van der Waals surface area contributed by atoms with Gasteiger partial charge in [0.1, 0.15) is 6.04 Å². The first kappa shape index (κ1) is 32.8. The summed E-state index contributed by atoms with van der Waals surface area (Å²) in [6.45, 7) is 2.52. The molecular formula is C30H42LiNO4S2. The van der Waals surface area contributed by atoms with Crippen LogP contribution in [0.15, 0.2) is 42.5 Å². The molecule has 2 N–H and O–H groups in total. The van der Waals surface area contributed by atoms with Gasteiger partial charge in [-0.25, -0.2) is 4.79 Å². The predicted octanol–water partition coefficient (Wildman–Crippen LogP) is 3.93. The van der Waals surface area contributed by atoms with E-state index in [-0.39, 0.29) is 32.3 Å². The van der Waals surface area contributed by atoms with E-state index in [2.05, 4.69) is 11.6 Å². The van der Waals surface area contributed by atoms with Gasteiger partial charge < -0.3 is 16.6 Å². The molecule has 0 radical (unpaired) electrons. The molecule has 2 atom stereocenters. The van der Waals surface area contributed by atoms with Crippen molar-refractivity contribution in [2.24, 2.45) is 5.92 Å². The summed E-state index contributed by atoms with van der Waals surface area (Å²) < 4.78 is 6.43. The first-order valence-corrected chi connectivity index (χ1v) is 16.0. The molecule has 1 saturated carbocycles. The van der Waals surface area contributed by atoms with Crippen molar-refractivity contribution in [1.29, 1.82) is 0 Å². The van der Waals surface area contributed by atoms with E-state index in [4.69, 9.17) is 4.74 Å². The molecule has 1 unspecified atom stereocenters. The number of benzene rings is 2. The zero-order chi connectivity index (χ0) is 26.6. The Morgan fingerprint density at radius 2 is 1.82 bits per heavy atom. The third-order valence-electron chi connectivity index (χ3n) is 7.14. The number of carboxylic acids is 1. The van der Waals surface area contributed by atoms with E-state index in [9.17, 15) is 14.7 Å². The van der Waals surface area contributed by atoms with Crippen molar-refractivity contribution in [3.05, 3.63) is 59.2 Å². The summed E-state index contributed by atoms with van der Waals surface area (Å²) in [4.78, 5) is 25.0. The molecule has 1 aliphatic carbocycles. The summed E-state index contributed by atoms with van der Waals surface area (Å²) >= 11 is 3.39. The number of nitrogens with one attached hydrogen (secondary N) is 1. The van der Waals surface area contributed by atoms with Crippen LogP contribution in [0.25, 0.3) is 11.1 Å². The summed E-state index contributed by atoms with van der Waals surface area (Å²) in [5, 5.41) is 12.4. The van der Waals surface area contributed by atoms with Crippen LogP contribution in [0.4, 0.5) is 0 Å². The fourth-order valence-corrected chi connectivity index (χ4v) is 6.16. The van der Waals surface area contributed by atoms with Crippen molar-refractivity contribution in [3.8, 4) is 11.1 Å². The van der Waals surface area contributed by atoms with E-state index in [1.807, 2.05) is 67.4 Å². The number of ether oxygens (including phenoxy) is 1. The molecule has 0 bridgehead atoms. The van der Waals surface area contributed by atoms with E-state index < -0.39 is 12.0 Å². The first-order chi connectivity index (χ1) is 17.9. The van der Waals surface area contributed by atoms with Crippen molar-refractivity contribution >= 4 is 35.4 Å². The molecule has 1 amide bonds. The van der Waals surface area contributed by atoms with Crippen molar-refractivity contribution in [2.45, 2.75) is 70.6 Å². The molecule has 2 aromatic rings. The second kappa shape index (κ2) is 17.4. The fraction of sp³-hybridized carbons (Fsp3) is 0.533. The third-order valence-corrected chi connectivity index (χ3v) is 8.49. The normalized spacial score (nSPS) is 15.3. The molecular weight excluding hydrogens is 509 g/mol. The molecule has 2 aromatic carbocycles. The summed E-state index contributed by atoms with van der Waals surface area (Å²) in [6.07, 6.45) is 12.4. The molecule has 0 spiro atoms. The summed E-state index contributed by atoms with van der Waals surface area (Å²) in [5.41, 5.74) is 4.33. The Morgan fingerprint density at radius 1 is 1.08 bits per heavy atom. The van der Waals surface area contributed by atoms with Gasteiger partial charge in [-0.15, -0.1) is 0 Å². The van der Waals surface area contributed by atoms with Crippen molar-refractivity contribution in [3.63, 3.8) is 0 Å². The molecule has 8 heteroatoms. The average Bonchev–Trinajstić information content (AvgIpc) is 2.90. The number of thioether (sulfide) groups is 2. The molecule has 204 valence electrons. The minimum absolute atomic E-state index is 0. The van der Waals surface area contributed by atoms with Gasteiger partial charge in [0, 0.05) is 11.3 Å². The Kier molecular flexibility index (Phi) is 15.0. The third kappa shape index (κ3) is 9.99. The minimum Gasteiger partial charge on any atom is -1.00 e. The quantitative estimate of drug-likeness (QED) is 0.347. The zero-order valence-corrected chi connectivity index (χ0v) is 25.0. The van der Waals surface area contributed by atoms with Crippen molar-refractivity contribution < 1.29 is 39.7 Å². The van der Waals surface area contributed by atoms with Gasteiger partial charge in [-0.2, -0.15) is 23.5 Å². The number of carbonyl (C=O) groups is 2. The number of carbonyl (C=O) groups excluding carboxylic acids is 1. The van der Waals surface area contributed by atoms with Crippen molar-refractivity contribution in [1.82, 2.24) is 5.32 Å². The van der Waals surface area contributed by atoms with Crippen LogP contribution in [0.1, 0.15) is 67.9 Å². The van der Waals surface area contributed by atoms with Gasteiger partial charge in [0.05, 0.1) is 12.7 Å². The molecule has 3 rings (SSSR count).